The van der Waals surface area contributed by atoms with E-state index in [4.69, 9.17) is 0 Å². The Morgan fingerprint density at radius 1 is 1.24 bits per heavy atom. The molecule has 1 heterocycles. The monoisotopic (exact) mass is 256 g/mol. The van der Waals surface area contributed by atoms with Gasteiger partial charge in [-0.1, -0.05) is 18.2 Å². The maximum atomic E-state index is 12.0. The molecule has 0 aliphatic rings. The topological polar surface area (TPSA) is 17.1 Å². The lowest BCUT2D eigenvalue weighted by molar-refractivity contribution is -0.165. The van der Waals surface area contributed by atoms with Crippen molar-refractivity contribution in [3.8, 4) is 0 Å². The van der Waals surface area contributed by atoms with Crippen LogP contribution in [0.15, 0.2) is 36.4 Å². The van der Waals surface area contributed by atoms with Crippen LogP contribution < -0.4 is 0 Å². The molecular weight excluding hydrogens is 249 g/mol. The first kappa shape index (κ1) is 11.9. The van der Waals surface area contributed by atoms with Crippen LogP contribution in [-0.2, 0) is 4.79 Å². The Balaban J connectivity index is 2.24. The molecule has 0 fully saturated rings. The van der Waals surface area contributed by atoms with Crippen LogP contribution in [-0.4, -0.2) is 12.0 Å². The molecule has 0 amide bonds. The molecule has 0 saturated heterocycles. The van der Waals surface area contributed by atoms with Crippen LogP contribution in [0.3, 0.4) is 0 Å². The van der Waals surface area contributed by atoms with E-state index in [1.54, 1.807) is 6.07 Å². The highest BCUT2D eigenvalue weighted by molar-refractivity contribution is 7.19. The largest absolute Gasteiger partial charge is 0.454 e. The number of thiophene rings is 1. The van der Waals surface area contributed by atoms with Crippen molar-refractivity contribution in [3.63, 3.8) is 0 Å². The smallest absolute Gasteiger partial charge is 0.285 e. The molecule has 0 radical (unpaired) electrons. The van der Waals surface area contributed by atoms with Crippen LogP contribution in [0.1, 0.15) is 4.88 Å². The molecular formula is C12H7F3OS. The van der Waals surface area contributed by atoms with Crippen molar-refractivity contribution in [2.75, 3.05) is 0 Å². The number of benzene rings is 1. The number of alkyl halides is 3. The van der Waals surface area contributed by atoms with E-state index in [2.05, 4.69) is 0 Å². The lowest BCUT2D eigenvalue weighted by atomic mass is 10.2. The lowest BCUT2D eigenvalue weighted by Crippen LogP contribution is -2.19. The quantitative estimate of drug-likeness (QED) is 0.741. The van der Waals surface area contributed by atoms with E-state index in [1.165, 1.54) is 17.4 Å². The summed E-state index contributed by atoms with van der Waals surface area (Å²) in [5, 5.41) is 0.955. The van der Waals surface area contributed by atoms with Gasteiger partial charge in [0.05, 0.1) is 0 Å². The van der Waals surface area contributed by atoms with Gasteiger partial charge in [-0.3, -0.25) is 4.79 Å². The second kappa shape index (κ2) is 4.33. The zero-order chi connectivity index (χ0) is 12.5. The van der Waals surface area contributed by atoms with Crippen molar-refractivity contribution in [1.82, 2.24) is 0 Å². The van der Waals surface area contributed by atoms with Gasteiger partial charge in [-0.25, -0.2) is 0 Å². The highest BCUT2D eigenvalue weighted by Gasteiger charge is 2.35. The standard InChI is InChI=1S/C12H7F3OS/c13-12(14,15)11(16)6-5-9-7-8-3-1-2-4-10(8)17-9/h1-7H/b6-5+. The molecule has 2 aromatic rings. The second-order valence-electron chi connectivity index (χ2n) is 3.38. The number of halogens is 3. The van der Waals surface area contributed by atoms with E-state index >= 15 is 0 Å². The summed E-state index contributed by atoms with van der Waals surface area (Å²) in [6.07, 6.45) is -3.04. The third-order valence-electron chi connectivity index (χ3n) is 2.12. The molecule has 0 aliphatic carbocycles. The number of carbonyl (C=O) groups is 1. The first-order chi connectivity index (χ1) is 7.97. The van der Waals surface area contributed by atoms with Gasteiger partial charge < -0.3 is 0 Å². The minimum Gasteiger partial charge on any atom is -0.285 e. The van der Waals surface area contributed by atoms with Crippen molar-refractivity contribution >= 4 is 33.3 Å². The second-order valence-corrected chi connectivity index (χ2v) is 4.50. The van der Waals surface area contributed by atoms with E-state index in [0.717, 1.165) is 10.1 Å². The first-order valence-corrected chi connectivity index (χ1v) is 5.56. The normalized spacial score (nSPS) is 12.4. The molecule has 1 aromatic carbocycles. The van der Waals surface area contributed by atoms with E-state index in [1.807, 2.05) is 24.3 Å². The van der Waals surface area contributed by atoms with Crippen LogP contribution in [0.25, 0.3) is 16.2 Å². The van der Waals surface area contributed by atoms with Gasteiger partial charge in [0, 0.05) is 9.58 Å². The molecule has 88 valence electrons. The third kappa shape index (κ3) is 2.74. The van der Waals surface area contributed by atoms with Gasteiger partial charge in [0.25, 0.3) is 5.78 Å². The number of allylic oxidation sites excluding steroid dienone is 1. The number of ketones is 1. The predicted octanol–water partition coefficient (Wildman–Crippen LogP) is 4.05. The minimum absolute atomic E-state index is 0.560. The van der Waals surface area contributed by atoms with Gasteiger partial charge in [0.15, 0.2) is 0 Å². The van der Waals surface area contributed by atoms with Crippen molar-refractivity contribution in [2.24, 2.45) is 0 Å². The van der Waals surface area contributed by atoms with E-state index in [-0.39, 0.29) is 0 Å². The number of rotatable bonds is 2. The minimum atomic E-state index is -4.80. The SMILES string of the molecule is O=C(/C=C/c1cc2ccccc2s1)C(F)(F)F. The average Bonchev–Trinajstić information content (AvgIpc) is 2.66. The number of hydrogen-bond acceptors (Lipinski definition) is 2. The number of carbonyl (C=O) groups excluding carboxylic acids is 1. The summed E-state index contributed by atoms with van der Waals surface area (Å²) in [7, 11) is 0. The molecule has 0 aliphatic heterocycles. The van der Waals surface area contributed by atoms with Crippen molar-refractivity contribution in [1.29, 1.82) is 0 Å². The maximum absolute atomic E-state index is 12.0. The molecule has 0 N–H and O–H groups in total. The van der Waals surface area contributed by atoms with Gasteiger partial charge in [0.2, 0.25) is 0 Å². The van der Waals surface area contributed by atoms with Gasteiger partial charge in [-0.2, -0.15) is 13.2 Å². The van der Waals surface area contributed by atoms with Crippen LogP contribution in [0.4, 0.5) is 13.2 Å². The van der Waals surface area contributed by atoms with E-state index in [0.29, 0.717) is 11.0 Å². The molecule has 2 rings (SSSR count). The van der Waals surface area contributed by atoms with Gasteiger partial charge in [0.1, 0.15) is 0 Å². The van der Waals surface area contributed by atoms with Crippen LogP contribution in [0, 0.1) is 0 Å². The van der Waals surface area contributed by atoms with Crippen LogP contribution in [0.2, 0.25) is 0 Å². The van der Waals surface area contributed by atoms with Gasteiger partial charge >= 0.3 is 6.18 Å². The summed E-state index contributed by atoms with van der Waals surface area (Å²) in [6.45, 7) is 0. The Labute approximate surface area is 99.2 Å². The lowest BCUT2D eigenvalue weighted by Gasteiger charge is -1.98. The summed E-state index contributed by atoms with van der Waals surface area (Å²) >= 11 is 1.34. The first-order valence-electron chi connectivity index (χ1n) is 4.74. The molecule has 5 heteroatoms. The maximum Gasteiger partial charge on any atom is 0.454 e. The zero-order valence-corrected chi connectivity index (χ0v) is 9.31. The fraction of sp³-hybridized carbons (Fsp3) is 0.0833. The van der Waals surface area contributed by atoms with Crippen LogP contribution in [0.5, 0.6) is 0 Å². The van der Waals surface area contributed by atoms with Gasteiger partial charge in [-0.15, -0.1) is 11.3 Å². The zero-order valence-electron chi connectivity index (χ0n) is 8.49. The summed E-state index contributed by atoms with van der Waals surface area (Å²) in [6, 6.07) is 9.20. The van der Waals surface area contributed by atoms with E-state index < -0.39 is 12.0 Å². The Bertz CT molecular complexity index is 548. The molecule has 1 aromatic heterocycles. The molecule has 0 atom stereocenters. The summed E-state index contributed by atoms with van der Waals surface area (Å²) in [5.41, 5.74) is 0. The van der Waals surface area contributed by atoms with Crippen molar-refractivity contribution in [2.45, 2.75) is 6.18 Å². The molecule has 0 bridgehead atoms. The molecule has 1 nitrogen and oxygen atoms in total. The predicted molar refractivity (Wildman–Crippen MR) is 61.9 cm³/mol. The summed E-state index contributed by atoms with van der Waals surface area (Å²) < 4.78 is 36.9. The Kier molecular flexibility index (Phi) is 3.02. The van der Waals surface area contributed by atoms with Crippen molar-refractivity contribution in [3.05, 3.63) is 41.3 Å². The number of hydrogen-bond donors (Lipinski definition) is 0. The summed E-state index contributed by atoms with van der Waals surface area (Å²) in [5.74, 6) is -1.84. The number of fused-ring (bicyclic) bond motifs is 1. The average molecular weight is 256 g/mol. The highest BCUT2D eigenvalue weighted by Crippen LogP contribution is 2.26. The Hall–Kier alpha value is -1.62. The molecule has 17 heavy (non-hydrogen) atoms. The Morgan fingerprint density at radius 2 is 1.94 bits per heavy atom. The fourth-order valence-electron chi connectivity index (χ4n) is 1.34. The van der Waals surface area contributed by atoms with Gasteiger partial charge in [-0.05, 0) is 29.7 Å². The van der Waals surface area contributed by atoms with E-state index in [9.17, 15) is 18.0 Å². The Morgan fingerprint density at radius 3 is 2.59 bits per heavy atom. The third-order valence-corrected chi connectivity index (χ3v) is 3.20. The highest BCUT2D eigenvalue weighted by atomic mass is 32.1. The molecule has 0 unspecified atom stereocenters. The molecule has 0 spiro atoms. The fourth-order valence-corrected chi connectivity index (χ4v) is 2.30. The van der Waals surface area contributed by atoms with Crippen LogP contribution >= 0.6 is 11.3 Å². The molecule has 0 saturated carbocycles. The summed E-state index contributed by atoms with van der Waals surface area (Å²) in [4.78, 5) is 11.3. The van der Waals surface area contributed by atoms with Crippen molar-refractivity contribution < 1.29 is 18.0 Å².